The van der Waals surface area contributed by atoms with Gasteiger partial charge in [0, 0.05) is 0 Å². The van der Waals surface area contributed by atoms with E-state index in [-0.39, 0.29) is 0 Å². The number of unbranched alkanes of at least 4 members (excludes halogenated alkanes) is 3. The standard InChI is InChI=1S/C21H28O2/c1-3-4-5-9-15-21(2,22)19-13-10-14-20(16-19)23-17-18-11-7-6-8-12-18/h6-8,10-14,16,22H,3-5,9,15,17H2,1-2H3. The number of benzene rings is 2. The van der Waals surface area contributed by atoms with Crippen LogP contribution in [0.2, 0.25) is 0 Å². The number of ether oxygens (including phenoxy) is 1. The van der Waals surface area contributed by atoms with E-state index in [9.17, 15) is 5.11 Å². The molecule has 2 rings (SSSR count). The van der Waals surface area contributed by atoms with Gasteiger partial charge in [-0.05, 0) is 36.6 Å². The summed E-state index contributed by atoms with van der Waals surface area (Å²) in [4.78, 5) is 0. The lowest BCUT2D eigenvalue weighted by atomic mass is 9.90. The Balaban J connectivity index is 1.95. The summed E-state index contributed by atoms with van der Waals surface area (Å²) in [6.07, 6.45) is 5.46. The van der Waals surface area contributed by atoms with Crippen LogP contribution < -0.4 is 4.74 Å². The van der Waals surface area contributed by atoms with Crippen LogP contribution >= 0.6 is 0 Å². The fourth-order valence-corrected chi connectivity index (χ4v) is 2.70. The molecule has 2 heteroatoms. The van der Waals surface area contributed by atoms with Crippen molar-refractivity contribution >= 4 is 0 Å². The zero-order valence-electron chi connectivity index (χ0n) is 14.3. The summed E-state index contributed by atoms with van der Waals surface area (Å²) in [6, 6.07) is 18.0. The molecule has 0 fully saturated rings. The smallest absolute Gasteiger partial charge is 0.120 e. The summed E-state index contributed by atoms with van der Waals surface area (Å²) in [5.74, 6) is 0.806. The Kier molecular flexibility index (Phi) is 6.66. The summed E-state index contributed by atoms with van der Waals surface area (Å²) < 4.78 is 5.86. The maximum Gasteiger partial charge on any atom is 0.120 e. The zero-order chi connectivity index (χ0) is 16.5. The molecule has 1 N–H and O–H groups in total. The first-order valence-electron chi connectivity index (χ1n) is 8.61. The van der Waals surface area contributed by atoms with Crippen LogP contribution in [0.25, 0.3) is 0 Å². The van der Waals surface area contributed by atoms with Gasteiger partial charge in [-0.3, -0.25) is 0 Å². The van der Waals surface area contributed by atoms with Crippen LogP contribution in [0.15, 0.2) is 54.6 Å². The van der Waals surface area contributed by atoms with Gasteiger partial charge in [0.25, 0.3) is 0 Å². The van der Waals surface area contributed by atoms with Gasteiger partial charge in [-0.25, -0.2) is 0 Å². The lowest BCUT2D eigenvalue weighted by Gasteiger charge is -2.24. The Hall–Kier alpha value is -1.80. The van der Waals surface area contributed by atoms with Crippen molar-refractivity contribution in [3.8, 4) is 5.75 Å². The molecular formula is C21H28O2. The molecule has 0 saturated carbocycles. The summed E-state index contributed by atoms with van der Waals surface area (Å²) in [6.45, 7) is 4.64. The fourth-order valence-electron chi connectivity index (χ4n) is 2.70. The molecule has 0 aliphatic heterocycles. The summed E-state index contributed by atoms with van der Waals surface area (Å²) in [5.41, 5.74) is 1.28. The average molecular weight is 312 g/mol. The van der Waals surface area contributed by atoms with Gasteiger partial charge in [0.15, 0.2) is 0 Å². The van der Waals surface area contributed by atoms with Gasteiger partial charge in [0.2, 0.25) is 0 Å². The molecule has 0 saturated heterocycles. The maximum absolute atomic E-state index is 10.7. The van der Waals surface area contributed by atoms with Crippen LogP contribution in [-0.4, -0.2) is 5.11 Å². The molecule has 1 atom stereocenters. The molecule has 0 heterocycles. The second kappa shape index (κ2) is 8.73. The molecule has 0 aromatic heterocycles. The van der Waals surface area contributed by atoms with Crippen molar-refractivity contribution in [2.75, 3.05) is 0 Å². The first kappa shape index (κ1) is 17.6. The molecule has 124 valence electrons. The molecular weight excluding hydrogens is 284 g/mol. The molecule has 0 spiro atoms. The van der Waals surface area contributed by atoms with Crippen molar-refractivity contribution in [3.05, 3.63) is 65.7 Å². The maximum atomic E-state index is 10.7. The van der Waals surface area contributed by atoms with Gasteiger partial charge in [-0.1, -0.05) is 75.1 Å². The van der Waals surface area contributed by atoms with E-state index >= 15 is 0 Å². The van der Waals surface area contributed by atoms with E-state index < -0.39 is 5.60 Å². The second-order valence-corrected chi connectivity index (χ2v) is 6.39. The highest BCUT2D eigenvalue weighted by atomic mass is 16.5. The fraction of sp³-hybridized carbons (Fsp3) is 0.429. The molecule has 2 aromatic rings. The van der Waals surface area contributed by atoms with Crippen molar-refractivity contribution < 1.29 is 9.84 Å². The van der Waals surface area contributed by atoms with E-state index in [1.54, 1.807) is 0 Å². The molecule has 0 aliphatic carbocycles. The van der Waals surface area contributed by atoms with Crippen molar-refractivity contribution in [2.45, 2.75) is 58.2 Å². The van der Waals surface area contributed by atoms with E-state index in [0.717, 1.165) is 29.7 Å². The Morgan fingerprint density at radius 3 is 2.48 bits per heavy atom. The van der Waals surface area contributed by atoms with Crippen LogP contribution in [0.4, 0.5) is 0 Å². The quantitative estimate of drug-likeness (QED) is 0.624. The molecule has 2 nitrogen and oxygen atoms in total. The molecule has 0 radical (unpaired) electrons. The minimum absolute atomic E-state index is 0.545. The minimum atomic E-state index is -0.792. The number of hydrogen-bond acceptors (Lipinski definition) is 2. The summed E-state index contributed by atoms with van der Waals surface area (Å²) >= 11 is 0. The number of aliphatic hydroxyl groups is 1. The predicted molar refractivity (Wildman–Crippen MR) is 95.5 cm³/mol. The summed E-state index contributed by atoms with van der Waals surface area (Å²) in [7, 11) is 0. The minimum Gasteiger partial charge on any atom is -0.489 e. The van der Waals surface area contributed by atoms with Crippen LogP contribution in [0.3, 0.4) is 0 Å². The van der Waals surface area contributed by atoms with Gasteiger partial charge in [-0.15, -0.1) is 0 Å². The first-order chi connectivity index (χ1) is 11.1. The average Bonchev–Trinajstić information content (AvgIpc) is 2.58. The van der Waals surface area contributed by atoms with Gasteiger partial charge in [-0.2, -0.15) is 0 Å². The molecule has 2 aromatic carbocycles. The Labute approximate surface area is 140 Å². The van der Waals surface area contributed by atoms with E-state index in [0.29, 0.717) is 6.61 Å². The zero-order valence-corrected chi connectivity index (χ0v) is 14.3. The molecule has 23 heavy (non-hydrogen) atoms. The third-order valence-electron chi connectivity index (χ3n) is 4.22. The van der Waals surface area contributed by atoms with Crippen LogP contribution in [-0.2, 0) is 12.2 Å². The molecule has 0 bridgehead atoms. The second-order valence-electron chi connectivity index (χ2n) is 6.39. The normalized spacial score (nSPS) is 13.5. The lowest BCUT2D eigenvalue weighted by molar-refractivity contribution is 0.0445. The van der Waals surface area contributed by atoms with E-state index in [1.165, 1.54) is 19.3 Å². The van der Waals surface area contributed by atoms with E-state index in [4.69, 9.17) is 4.74 Å². The van der Waals surface area contributed by atoms with Crippen molar-refractivity contribution in [3.63, 3.8) is 0 Å². The van der Waals surface area contributed by atoms with Crippen LogP contribution in [0.1, 0.15) is 57.1 Å². The van der Waals surface area contributed by atoms with Gasteiger partial charge < -0.3 is 9.84 Å². The topological polar surface area (TPSA) is 29.5 Å². The first-order valence-corrected chi connectivity index (χ1v) is 8.61. The number of hydrogen-bond donors (Lipinski definition) is 1. The highest BCUT2D eigenvalue weighted by Gasteiger charge is 2.22. The van der Waals surface area contributed by atoms with Crippen LogP contribution in [0, 0.1) is 0 Å². The largest absolute Gasteiger partial charge is 0.489 e. The number of rotatable bonds is 9. The van der Waals surface area contributed by atoms with E-state index in [1.807, 2.05) is 61.5 Å². The van der Waals surface area contributed by atoms with Crippen molar-refractivity contribution in [1.82, 2.24) is 0 Å². The molecule has 0 amide bonds. The Bertz CT molecular complexity index is 575. The van der Waals surface area contributed by atoms with Gasteiger partial charge in [0.05, 0.1) is 5.60 Å². The van der Waals surface area contributed by atoms with Crippen molar-refractivity contribution in [2.24, 2.45) is 0 Å². The SMILES string of the molecule is CCCCCCC(C)(O)c1cccc(OCc2ccccc2)c1. The Morgan fingerprint density at radius 2 is 1.74 bits per heavy atom. The molecule has 1 unspecified atom stereocenters. The third kappa shape index (κ3) is 5.72. The van der Waals surface area contributed by atoms with Gasteiger partial charge in [0.1, 0.15) is 12.4 Å². The molecule has 0 aliphatic rings. The highest BCUT2D eigenvalue weighted by Crippen LogP contribution is 2.29. The third-order valence-corrected chi connectivity index (χ3v) is 4.22. The van der Waals surface area contributed by atoms with Crippen LogP contribution in [0.5, 0.6) is 5.75 Å². The lowest BCUT2D eigenvalue weighted by Crippen LogP contribution is -2.21. The Morgan fingerprint density at radius 1 is 0.957 bits per heavy atom. The van der Waals surface area contributed by atoms with E-state index in [2.05, 4.69) is 6.92 Å². The highest BCUT2D eigenvalue weighted by molar-refractivity contribution is 5.32. The van der Waals surface area contributed by atoms with Gasteiger partial charge >= 0.3 is 0 Å². The van der Waals surface area contributed by atoms with Crippen molar-refractivity contribution in [1.29, 1.82) is 0 Å². The predicted octanol–water partition coefficient (Wildman–Crippen LogP) is 5.44. The monoisotopic (exact) mass is 312 g/mol. The summed E-state index contributed by atoms with van der Waals surface area (Å²) in [5, 5.41) is 10.7.